The van der Waals surface area contributed by atoms with Crippen molar-refractivity contribution >= 4 is 31.5 Å². The van der Waals surface area contributed by atoms with Gasteiger partial charge < -0.3 is 30.6 Å². The standard InChI is InChI=1S/C13H8O7S.6Ac/c14-5-1-3-7(16)4-2-6(15)9(18)11(20)13(4)21-12(3)10(19)8(5)17;;;;;;/h1-2,14-15,17-20H;;;;;;. The second-order valence-electron chi connectivity index (χ2n) is 4.37. The van der Waals surface area contributed by atoms with E-state index in [1.54, 1.807) is 0 Å². The fourth-order valence-electron chi connectivity index (χ4n) is 2.05. The van der Waals surface area contributed by atoms with E-state index in [0.29, 0.717) is 0 Å². The van der Waals surface area contributed by atoms with E-state index >= 15 is 0 Å². The van der Waals surface area contributed by atoms with Crippen LogP contribution in [-0.4, -0.2) is 30.6 Å². The van der Waals surface area contributed by atoms with E-state index in [1.807, 2.05) is 0 Å². The Morgan fingerprint density at radius 1 is 0.556 bits per heavy atom. The van der Waals surface area contributed by atoms with Gasteiger partial charge in [0.2, 0.25) is 11.5 Å². The molecule has 14 heteroatoms. The van der Waals surface area contributed by atoms with E-state index in [1.165, 1.54) is 0 Å². The molecule has 0 unspecified atom stereocenters. The first-order valence-corrected chi connectivity index (χ1v) is 6.43. The summed E-state index contributed by atoms with van der Waals surface area (Å²) in [7, 11) is 0. The molecule has 0 aliphatic heterocycles. The summed E-state index contributed by atoms with van der Waals surface area (Å²) < 4.78 is -0.133. The van der Waals surface area contributed by atoms with Crippen LogP contribution in [0.4, 0.5) is 0 Å². The SMILES string of the molecule is O=c1c2cc(O)c(O)c(O)c2sc2c(O)c(O)c(O)cc12.[Ac].[Ac].[Ac].[Ac].[Ac].[Ac]. The van der Waals surface area contributed by atoms with Gasteiger partial charge in [-0.25, -0.2) is 0 Å². The van der Waals surface area contributed by atoms with Gasteiger partial charge in [-0.15, -0.1) is 11.3 Å². The maximum atomic E-state index is 12.3. The van der Waals surface area contributed by atoms with Gasteiger partial charge >= 0.3 is 0 Å². The van der Waals surface area contributed by atoms with Gasteiger partial charge in [-0.3, -0.25) is 4.79 Å². The van der Waals surface area contributed by atoms with Crippen LogP contribution < -0.4 is 5.43 Å². The molecular weight excluding hydrogens is 1660 g/mol. The van der Waals surface area contributed by atoms with Gasteiger partial charge in [0.1, 0.15) is 0 Å². The van der Waals surface area contributed by atoms with Gasteiger partial charge in [-0.2, -0.15) is 0 Å². The summed E-state index contributed by atoms with van der Waals surface area (Å²) in [6.07, 6.45) is 0. The first-order chi connectivity index (χ1) is 9.82. The fraction of sp³-hybridized carbons (Fsp3) is 0. The summed E-state index contributed by atoms with van der Waals surface area (Å²) in [6.45, 7) is 0. The molecule has 0 atom stereocenters. The Balaban J connectivity index is -0.000000441. The van der Waals surface area contributed by atoms with Crippen LogP contribution in [0, 0.1) is 264 Å². The maximum absolute atomic E-state index is 12.3. The van der Waals surface area contributed by atoms with E-state index in [-0.39, 0.29) is 285 Å². The first-order valence-electron chi connectivity index (χ1n) is 5.61. The van der Waals surface area contributed by atoms with Crippen LogP contribution in [0.25, 0.3) is 20.2 Å². The zero-order valence-corrected chi connectivity index (χ0v) is 42.9. The molecule has 0 amide bonds. The van der Waals surface area contributed by atoms with Crippen LogP contribution in [-0.2, 0) is 0 Å². The molecule has 0 aliphatic carbocycles. The Labute approximate surface area is 372 Å². The summed E-state index contributed by atoms with van der Waals surface area (Å²) >= 11 is 0.722. The van der Waals surface area contributed by atoms with Crippen LogP contribution in [0.3, 0.4) is 0 Å². The fourth-order valence-corrected chi connectivity index (χ4v) is 3.16. The third kappa shape index (κ3) is 8.44. The Kier molecular flexibility index (Phi) is 25.5. The Hall–Kier alpha value is 5.78. The zero-order valence-electron chi connectivity index (χ0n) is 13.6. The Morgan fingerprint density at radius 3 is 1.15 bits per heavy atom. The summed E-state index contributed by atoms with van der Waals surface area (Å²) in [5.74, 6) is -4.34. The second-order valence-corrected chi connectivity index (χ2v) is 5.39. The predicted octanol–water partition coefficient (Wildman–Crippen LogP) is 1.65. The number of aromatic hydroxyl groups is 6. The molecule has 0 saturated carbocycles. The molecule has 3 rings (SSSR count). The number of rotatable bonds is 0. The van der Waals surface area contributed by atoms with Gasteiger partial charge in [0, 0.05) is 275 Å². The minimum atomic E-state index is -0.792. The van der Waals surface area contributed by atoms with Crippen molar-refractivity contribution in [3.05, 3.63) is 22.4 Å². The van der Waals surface area contributed by atoms with E-state index in [2.05, 4.69) is 0 Å². The van der Waals surface area contributed by atoms with Crippen molar-refractivity contribution in [2.45, 2.75) is 0 Å². The van der Waals surface area contributed by atoms with Gasteiger partial charge in [0.05, 0.1) is 9.40 Å². The molecule has 0 saturated heterocycles. The van der Waals surface area contributed by atoms with Crippen LogP contribution in [0.1, 0.15) is 0 Å². The van der Waals surface area contributed by atoms with Crippen molar-refractivity contribution in [3.63, 3.8) is 0 Å². The van der Waals surface area contributed by atoms with Crippen LogP contribution in [0.2, 0.25) is 0 Å². The van der Waals surface area contributed by atoms with E-state index in [4.69, 9.17) is 0 Å². The molecule has 3 aromatic rings. The van der Waals surface area contributed by atoms with E-state index < -0.39 is 39.9 Å². The molecule has 126 valence electrons. The molecule has 0 aliphatic rings. The third-order valence-corrected chi connectivity index (χ3v) is 4.34. The smallest absolute Gasteiger partial charge is 0.201 e. The number of fused-ring (bicyclic) bond motifs is 2. The van der Waals surface area contributed by atoms with Crippen LogP contribution in [0.15, 0.2) is 16.9 Å². The molecule has 0 spiro atoms. The molecule has 6 N–H and O–H groups in total. The number of benzene rings is 2. The molecule has 0 bridgehead atoms. The minimum absolute atomic E-state index is 0. The van der Waals surface area contributed by atoms with E-state index in [9.17, 15) is 35.4 Å². The van der Waals surface area contributed by atoms with Gasteiger partial charge in [-0.05, 0) is 12.1 Å². The number of hydrogen-bond donors (Lipinski definition) is 6. The number of phenols is 6. The molecule has 1 heterocycles. The number of phenolic OH excluding ortho intramolecular Hbond substituents is 6. The van der Waals surface area contributed by atoms with Crippen molar-refractivity contribution in [2.75, 3.05) is 0 Å². The van der Waals surface area contributed by atoms with Crippen LogP contribution >= 0.6 is 11.3 Å². The Bertz CT molecular complexity index is 920. The predicted molar refractivity (Wildman–Crippen MR) is 75.6 cm³/mol. The van der Waals surface area contributed by atoms with Crippen molar-refractivity contribution in [1.29, 1.82) is 0 Å². The summed E-state index contributed by atoms with van der Waals surface area (Å²) in [5, 5.41) is 57.3. The van der Waals surface area contributed by atoms with Gasteiger partial charge in [-0.1, -0.05) is 0 Å². The molecule has 2 aromatic carbocycles. The quantitative estimate of drug-likeness (QED) is 0.149. The summed E-state index contributed by atoms with van der Waals surface area (Å²) in [5.41, 5.74) is -0.685. The van der Waals surface area contributed by atoms with E-state index in [0.717, 1.165) is 23.5 Å². The first kappa shape index (κ1) is 40.0. The molecule has 6 radical (unpaired) electrons. The van der Waals surface area contributed by atoms with Crippen molar-refractivity contribution < 1.29 is 295 Å². The minimum Gasteiger partial charge on any atom is -0.504 e. The van der Waals surface area contributed by atoms with Gasteiger partial charge in [0.25, 0.3) is 0 Å². The molecular formula is C13H8Ac6O7S. The molecule has 1 aromatic heterocycles. The molecule has 7 nitrogen and oxygen atoms in total. The second kappa shape index (κ2) is 17.2. The topological polar surface area (TPSA) is 138 Å². The normalized spacial score (nSPS) is 8.74. The van der Waals surface area contributed by atoms with Crippen molar-refractivity contribution in [3.8, 4) is 34.5 Å². The third-order valence-electron chi connectivity index (χ3n) is 3.11. The van der Waals surface area contributed by atoms with Gasteiger partial charge in [0.15, 0.2) is 28.4 Å². The Morgan fingerprint density at radius 2 is 0.852 bits per heavy atom. The summed E-state index contributed by atoms with van der Waals surface area (Å²) in [4.78, 5) is 12.3. The van der Waals surface area contributed by atoms with Crippen molar-refractivity contribution in [2.24, 2.45) is 0 Å². The number of hydrogen-bond acceptors (Lipinski definition) is 8. The largest absolute Gasteiger partial charge is 0.504 e. The monoisotopic (exact) mass is 1670 g/mol. The van der Waals surface area contributed by atoms with Crippen molar-refractivity contribution in [1.82, 2.24) is 0 Å². The zero-order chi connectivity index (χ0) is 15.5. The average Bonchev–Trinajstić information content (AvgIpc) is 2.45. The molecule has 27 heavy (non-hydrogen) atoms. The average molecular weight is 1670 g/mol. The molecule has 0 fully saturated rings. The van der Waals surface area contributed by atoms with Crippen LogP contribution in [0.5, 0.6) is 34.5 Å². The maximum Gasteiger partial charge on any atom is 0.201 e. The summed E-state index contributed by atoms with van der Waals surface area (Å²) in [6, 6.07) is 1.95.